The van der Waals surface area contributed by atoms with Gasteiger partial charge in [-0.25, -0.2) is 4.98 Å². The number of H-pyrrole nitrogens is 1. The fraction of sp³-hybridized carbons (Fsp3) is 0.385. The van der Waals surface area contributed by atoms with Gasteiger partial charge in [-0.2, -0.15) is 5.10 Å². The molecule has 2 aromatic rings. The monoisotopic (exact) mass is 215 g/mol. The van der Waals surface area contributed by atoms with Gasteiger partial charge in [0.15, 0.2) is 5.82 Å². The molecule has 0 amide bonds. The van der Waals surface area contributed by atoms with Crippen molar-refractivity contribution in [3.05, 3.63) is 35.2 Å². The van der Waals surface area contributed by atoms with Gasteiger partial charge in [0.2, 0.25) is 0 Å². The molecular formula is C13H17N3. The predicted octanol–water partition coefficient (Wildman–Crippen LogP) is 3.21. The van der Waals surface area contributed by atoms with Gasteiger partial charge in [-0.05, 0) is 19.4 Å². The van der Waals surface area contributed by atoms with E-state index in [4.69, 9.17) is 0 Å². The second kappa shape index (κ2) is 4.08. The van der Waals surface area contributed by atoms with E-state index in [2.05, 4.69) is 61.1 Å². The maximum absolute atomic E-state index is 4.50. The van der Waals surface area contributed by atoms with Crippen LogP contribution in [0.3, 0.4) is 0 Å². The number of rotatable bonds is 2. The fourth-order valence-electron chi connectivity index (χ4n) is 1.72. The second-order valence-corrected chi connectivity index (χ2v) is 4.52. The molecule has 1 aromatic carbocycles. The normalized spacial score (nSPS) is 11.1. The van der Waals surface area contributed by atoms with Gasteiger partial charge < -0.3 is 0 Å². The second-order valence-electron chi connectivity index (χ2n) is 4.52. The lowest BCUT2D eigenvalue weighted by atomic mass is 10.1. The molecular weight excluding hydrogens is 198 g/mol. The molecule has 84 valence electrons. The minimum absolute atomic E-state index is 0.381. The summed E-state index contributed by atoms with van der Waals surface area (Å²) < 4.78 is 0. The van der Waals surface area contributed by atoms with Crippen LogP contribution in [-0.2, 0) is 0 Å². The van der Waals surface area contributed by atoms with Crippen LogP contribution < -0.4 is 0 Å². The zero-order valence-electron chi connectivity index (χ0n) is 10.2. The molecule has 0 aliphatic heterocycles. The van der Waals surface area contributed by atoms with Gasteiger partial charge >= 0.3 is 0 Å². The van der Waals surface area contributed by atoms with E-state index >= 15 is 0 Å². The Labute approximate surface area is 95.9 Å². The van der Waals surface area contributed by atoms with Gasteiger partial charge in [0, 0.05) is 11.5 Å². The molecule has 3 heteroatoms. The standard InChI is InChI=1S/C13H17N3/c1-8(2)12-14-13(16-15-12)11-6-5-9(3)7-10(11)4/h5-8H,1-4H3,(H,14,15,16). The first kappa shape index (κ1) is 10.9. The van der Waals surface area contributed by atoms with E-state index in [0.29, 0.717) is 5.92 Å². The van der Waals surface area contributed by atoms with E-state index < -0.39 is 0 Å². The van der Waals surface area contributed by atoms with E-state index in [1.807, 2.05) is 0 Å². The number of hydrogen-bond acceptors (Lipinski definition) is 2. The van der Waals surface area contributed by atoms with Crippen LogP contribution in [0.5, 0.6) is 0 Å². The van der Waals surface area contributed by atoms with Crippen molar-refractivity contribution >= 4 is 0 Å². The van der Waals surface area contributed by atoms with Crippen molar-refractivity contribution < 1.29 is 0 Å². The molecule has 0 spiro atoms. The van der Waals surface area contributed by atoms with Crippen molar-refractivity contribution in [2.45, 2.75) is 33.6 Å². The van der Waals surface area contributed by atoms with Crippen molar-refractivity contribution in [3.8, 4) is 11.4 Å². The number of hydrogen-bond donors (Lipinski definition) is 1. The molecule has 0 radical (unpaired) electrons. The van der Waals surface area contributed by atoms with E-state index in [1.54, 1.807) is 0 Å². The van der Waals surface area contributed by atoms with Crippen LogP contribution >= 0.6 is 0 Å². The van der Waals surface area contributed by atoms with Crippen molar-refractivity contribution in [1.29, 1.82) is 0 Å². The Hall–Kier alpha value is -1.64. The van der Waals surface area contributed by atoms with Crippen LogP contribution in [0.1, 0.15) is 36.7 Å². The van der Waals surface area contributed by atoms with Crippen LogP contribution in [0.15, 0.2) is 18.2 Å². The van der Waals surface area contributed by atoms with Crippen LogP contribution in [0.2, 0.25) is 0 Å². The van der Waals surface area contributed by atoms with E-state index in [9.17, 15) is 0 Å². The largest absolute Gasteiger partial charge is 0.262 e. The first-order chi connectivity index (χ1) is 7.58. The summed E-state index contributed by atoms with van der Waals surface area (Å²) in [6.07, 6.45) is 0. The van der Waals surface area contributed by atoms with E-state index in [0.717, 1.165) is 17.2 Å². The van der Waals surface area contributed by atoms with Gasteiger partial charge in [0.1, 0.15) is 5.82 Å². The first-order valence-corrected chi connectivity index (χ1v) is 5.58. The Morgan fingerprint density at radius 3 is 2.50 bits per heavy atom. The first-order valence-electron chi connectivity index (χ1n) is 5.58. The van der Waals surface area contributed by atoms with Crippen molar-refractivity contribution in [1.82, 2.24) is 15.2 Å². The average Bonchev–Trinajstić information content (AvgIpc) is 2.66. The molecule has 0 aliphatic rings. The van der Waals surface area contributed by atoms with Gasteiger partial charge in [-0.15, -0.1) is 0 Å². The average molecular weight is 215 g/mol. The third-order valence-corrected chi connectivity index (χ3v) is 2.67. The Morgan fingerprint density at radius 2 is 1.94 bits per heavy atom. The molecule has 0 atom stereocenters. The van der Waals surface area contributed by atoms with E-state index in [1.165, 1.54) is 11.1 Å². The van der Waals surface area contributed by atoms with Crippen molar-refractivity contribution in [2.75, 3.05) is 0 Å². The van der Waals surface area contributed by atoms with Gasteiger partial charge in [-0.3, -0.25) is 5.10 Å². The van der Waals surface area contributed by atoms with Crippen LogP contribution in [0, 0.1) is 13.8 Å². The molecule has 0 fully saturated rings. The summed E-state index contributed by atoms with van der Waals surface area (Å²) in [6, 6.07) is 6.33. The SMILES string of the molecule is Cc1ccc(-c2n[nH]c(C(C)C)n2)c(C)c1. The number of aryl methyl sites for hydroxylation is 2. The summed E-state index contributed by atoms with van der Waals surface area (Å²) in [5, 5.41) is 7.25. The number of aromatic amines is 1. The summed E-state index contributed by atoms with van der Waals surface area (Å²) >= 11 is 0. The highest BCUT2D eigenvalue weighted by atomic mass is 15.2. The van der Waals surface area contributed by atoms with Crippen LogP contribution in [-0.4, -0.2) is 15.2 Å². The summed E-state index contributed by atoms with van der Waals surface area (Å²) in [6.45, 7) is 8.39. The lowest BCUT2D eigenvalue weighted by Crippen LogP contribution is -1.90. The van der Waals surface area contributed by atoms with Gasteiger partial charge in [-0.1, -0.05) is 37.6 Å². The third-order valence-electron chi connectivity index (χ3n) is 2.67. The van der Waals surface area contributed by atoms with Crippen molar-refractivity contribution in [3.63, 3.8) is 0 Å². The summed E-state index contributed by atoms with van der Waals surface area (Å²) in [5.41, 5.74) is 3.59. The van der Waals surface area contributed by atoms with Gasteiger partial charge in [0.05, 0.1) is 0 Å². The van der Waals surface area contributed by atoms with Gasteiger partial charge in [0.25, 0.3) is 0 Å². The lowest BCUT2D eigenvalue weighted by Gasteiger charge is -2.02. The molecule has 1 N–H and O–H groups in total. The Bertz CT molecular complexity index is 498. The molecule has 16 heavy (non-hydrogen) atoms. The molecule has 0 saturated heterocycles. The summed E-state index contributed by atoms with van der Waals surface area (Å²) in [4.78, 5) is 4.50. The zero-order valence-corrected chi connectivity index (χ0v) is 10.2. The Kier molecular flexibility index (Phi) is 2.77. The molecule has 1 aromatic heterocycles. The number of aromatic nitrogens is 3. The van der Waals surface area contributed by atoms with E-state index in [-0.39, 0.29) is 0 Å². The fourth-order valence-corrected chi connectivity index (χ4v) is 1.72. The maximum atomic E-state index is 4.50. The highest BCUT2D eigenvalue weighted by molar-refractivity contribution is 5.60. The maximum Gasteiger partial charge on any atom is 0.181 e. The Morgan fingerprint density at radius 1 is 1.19 bits per heavy atom. The molecule has 0 bridgehead atoms. The number of benzene rings is 1. The minimum Gasteiger partial charge on any atom is -0.262 e. The highest BCUT2D eigenvalue weighted by Gasteiger charge is 2.10. The molecule has 0 saturated carbocycles. The Balaban J connectivity index is 2.42. The summed E-state index contributed by atoms with van der Waals surface area (Å²) in [7, 11) is 0. The lowest BCUT2D eigenvalue weighted by molar-refractivity contribution is 0.781. The minimum atomic E-state index is 0.381. The molecule has 1 heterocycles. The third kappa shape index (κ3) is 1.98. The molecule has 0 aliphatic carbocycles. The van der Waals surface area contributed by atoms with Crippen LogP contribution in [0.25, 0.3) is 11.4 Å². The smallest absolute Gasteiger partial charge is 0.181 e. The van der Waals surface area contributed by atoms with Crippen LogP contribution in [0.4, 0.5) is 0 Å². The molecule has 0 unspecified atom stereocenters. The highest BCUT2D eigenvalue weighted by Crippen LogP contribution is 2.21. The molecule has 3 nitrogen and oxygen atoms in total. The summed E-state index contributed by atoms with van der Waals surface area (Å²) in [5.74, 6) is 2.11. The number of nitrogens with one attached hydrogen (secondary N) is 1. The predicted molar refractivity (Wildman–Crippen MR) is 65.4 cm³/mol. The topological polar surface area (TPSA) is 41.6 Å². The number of nitrogens with zero attached hydrogens (tertiary/aromatic N) is 2. The quantitative estimate of drug-likeness (QED) is 0.835. The molecule has 2 rings (SSSR count). The zero-order chi connectivity index (χ0) is 11.7. The van der Waals surface area contributed by atoms with Crippen molar-refractivity contribution in [2.24, 2.45) is 0 Å².